The molecular weight excluding hydrogens is 348 g/mol. The van der Waals surface area contributed by atoms with Crippen molar-refractivity contribution in [2.24, 2.45) is 0 Å². The molecule has 0 saturated heterocycles. The topological polar surface area (TPSA) is 34.4 Å². The summed E-state index contributed by atoms with van der Waals surface area (Å²) < 4.78 is 1.97. The number of aldehydes is 1. The Kier molecular flexibility index (Phi) is 3.29. The third-order valence-electron chi connectivity index (χ3n) is 4.31. The number of benzene rings is 2. The van der Waals surface area contributed by atoms with Gasteiger partial charge in [-0.05, 0) is 28.3 Å². The van der Waals surface area contributed by atoms with Gasteiger partial charge < -0.3 is 0 Å². The molecule has 5 rings (SSSR count). The molecule has 0 N–H and O–H groups in total. The van der Waals surface area contributed by atoms with Gasteiger partial charge in [0.05, 0.1) is 10.6 Å². The Hall–Kier alpha value is -2.76. The lowest BCUT2D eigenvalue weighted by atomic mass is 10.0. The molecule has 3 aromatic heterocycles. The smallest absolute Gasteiger partial charge is 0.195 e. The first-order chi connectivity index (χ1) is 12.3. The average molecular weight is 360 g/mol. The van der Waals surface area contributed by atoms with Crippen LogP contribution in [0.1, 0.15) is 10.5 Å². The predicted octanol–water partition coefficient (Wildman–Crippen LogP) is 5.76. The molecule has 0 unspecified atom stereocenters. The molecule has 0 radical (unpaired) electrons. The molecule has 0 atom stereocenters. The number of carbonyl (C=O) groups excluding carboxylic acids is 1. The van der Waals surface area contributed by atoms with Gasteiger partial charge in [-0.15, -0.1) is 22.7 Å². The molecule has 2 aromatic carbocycles. The lowest BCUT2D eigenvalue weighted by Gasteiger charge is -2.03. The van der Waals surface area contributed by atoms with Crippen molar-refractivity contribution in [3.8, 4) is 21.8 Å². The Bertz CT molecular complexity index is 1220. The molecule has 0 aliphatic carbocycles. The molecular formula is C20H12N2OS2. The van der Waals surface area contributed by atoms with Crippen LogP contribution in [0.2, 0.25) is 0 Å². The minimum absolute atomic E-state index is 0.606. The van der Waals surface area contributed by atoms with Crippen molar-refractivity contribution in [2.75, 3.05) is 0 Å². The first-order valence-corrected chi connectivity index (χ1v) is 9.59. The number of hydrogen-bond acceptors (Lipinski definition) is 4. The highest BCUT2D eigenvalue weighted by Crippen LogP contribution is 2.34. The van der Waals surface area contributed by atoms with Gasteiger partial charge in [0.2, 0.25) is 0 Å². The molecule has 0 aliphatic heterocycles. The van der Waals surface area contributed by atoms with E-state index >= 15 is 0 Å². The lowest BCUT2D eigenvalue weighted by Crippen LogP contribution is -1.93. The van der Waals surface area contributed by atoms with E-state index < -0.39 is 0 Å². The summed E-state index contributed by atoms with van der Waals surface area (Å²) in [6.07, 6.45) is 0.911. The van der Waals surface area contributed by atoms with Crippen molar-refractivity contribution in [3.05, 3.63) is 71.1 Å². The molecule has 120 valence electrons. The highest BCUT2D eigenvalue weighted by Gasteiger charge is 2.19. The van der Waals surface area contributed by atoms with Crippen LogP contribution < -0.4 is 0 Å². The van der Waals surface area contributed by atoms with E-state index in [1.807, 2.05) is 34.0 Å². The van der Waals surface area contributed by atoms with Crippen LogP contribution >= 0.6 is 22.7 Å². The van der Waals surface area contributed by atoms with Crippen LogP contribution in [-0.4, -0.2) is 15.7 Å². The Labute approximate surface area is 151 Å². The van der Waals surface area contributed by atoms with Crippen molar-refractivity contribution >= 4 is 44.7 Å². The van der Waals surface area contributed by atoms with Gasteiger partial charge in [0.15, 0.2) is 11.2 Å². The number of carbonyl (C=O) groups is 1. The van der Waals surface area contributed by atoms with Crippen LogP contribution in [0.25, 0.3) is 37.6 Å². The average Bonchev–Trinajstić information content (AvgIpc) is 3.37. The van der Waals surface area contributed by atoms with Crippen molar-refractivity contribution in [2.45, 2.75) is 0 Å². The Morgan fingerprint density at radius 2 is 1.84 bits per heavy atom. The summed E-state index contributed by atoms with van der Waals surface area (Å²) in [5.74, 6) is 0. The van der Waals surface area contributed by atoms with Gasteiger partial charge in [0.25, 0.3) is 0 Å². The zero-order valence-corrected chi connectivity index (χ0v) is 14.7. The van der Waals surface area contributed by atoms with Crippen molar-refractivity contribution in [1.82, 2.24) is 9.38 Å². The molecule has 3 nitrogen and oxygen atoms in total. The quantitative estimate of drug-likeness (QED) is 0.384. The fourth-order valence-electron chi connectivity index (χ4n) is 3.14. The highest BCUT2D eigenvalue weighted by molar-refractivity contribution is 7.17. The Morgan fingerprint density at radius 1 is 0.960 bits per heavy atom. The molecule has 0 fully saturated rings. The van der Waals surface area contributed by atoms with Crippen LogP contribution in [-0.2, 0) is 0 Å². The highest BCUT2D eigenvalue weighted by atomic mass is 32.1. The van der Waals surface area contributed by atoms with Crippen LogP contribution in [0.5, 0.6) is 0 Å². The normalized spacial score (nSPS) is 11.4. The van der Waals surface area contributed by atoms with E-state index in [2.05, 4.69) is 35.7 Å². The van der Waals surface area contributed by atoms with Crippen LogP contribution in [0, 0.1) is 0 Å². The van der Waals surface area contributed by atoms with Crippen molar-refractivity contribution in [1.29, 1.82) is 0 Å². The molecule has 0 amide bonds. The SMILES string of the molecule is O=Cc1c(-c2ccc3ccccc3c2)nc2scc(-c3cccs3)n12. The molecule has 5 aromatic rings. The third kappa shape index (κ3) is 2.24. The number of thiazole rings is 1. The maximum atomic E-state index is 11.9. The van der Waals surface area contributed by atoms with Gasteiger partial charge in [0, 0.05) is 10.9 Å². The Balaban J connectivity index is 1.77. The van der Waals surface area contributed by atoms with Gasteiger partial charge in [-0.3, -0.25) is 9.20 Å². The van der Waals surface area contributed by atoms with Crippen LogP contribution in [0.3, 0.4) is 0 Å². The molecule has 5 heteroatoms. The largest absolute Gasteiger partial charge is 0.296 e. The van der Waals surface area contributed by atoms with E-state index in [9.17, 15) is 4.79 Å². The fourth-order valence-corrected chi connectivity index (χ4v) is 4.84. The van der Waals surface area contributed by atoms with Crippen LogP contribution in [0.4, 0.5) is 0 Å². The van der Waals surface area contributed by atoms with E-state index in [4.69, 9.17) is 4.98 Å². The second-order valence-corrected chi connectivity index (χ2v) is 7.53. The standard InChI is InChI=1S/C20H12N2OS2/c23-11-16-19(15-8-7-13-4-1-2-5-14(13)10-15)21-20-22(16)17(12-25-20)18-6-3-9-24-18/h1-12H. The zero-order chi connectivity index (χ0) is 16.8. The maximum absolute atomic E-state index is 11.9. The minimum atomic E-state index is 0.606. The molecule has 0 bridgehead atoms. The molecule has 3 heterocycles. The van der Waals surface area contributed by atoms with Gasteiger partial charge >= 0.3 is 0 Å². The van der Waals surface area contributed by atoms with Gasteiger partial charge in [-0.1, -0.05) is 42.5 Å². The summed E-state index contributed by atoms with van der Waals surface area (Å²) in [4.78, 5) is 18.6. The van der Waals surface area contributed by atoms with Gasteiger partial charge in [-0.2, -0.15) is 0 Å². The summed E-state index contributed by atoms with van der Waals surface area (Å²) >= 11 is 3.22. The summed E-state index contributed by atoms with van der Waals surface area (Å²) in [5.41, 5.74) is 3.34. The first-order valence-electron chi connectivity index (χ1n) is 7.83. The number of rotatable bonds is 3. The van der Waals surface area contributed by atoms with Gasteiger partial charge in [-0.25, -0.2) is 4.98 Å². The maximum Gasteiger partial charge on any atom is 0.195 e. The molecule has 0 aliphatic rings. The summed E-state index contributed by atoms with van der Waals surface area (Å²) in [6.45, 7) is 0. The fraction of sp³-hybridized carbons (Fsp3) is 0. The number of nitrogens with zero attached hydrogens (tertiary/aromatic N) is 2. The zero-order valence-electron chi connectivity index (χ0n) is 13.0. The monoisotopic (exact) mass is 360 g/mol. The molecule has 0 saturated carbocycles. The molecule has 25 heavy (non-hydrogen) atoms. The number of aromatic nitrogens is 2. The van der Waals surface area contributed by atoms with E-state index in [0.717, 1.165) is 38.5 Å². The third-order valence-corrected chi connectivity index (χ3v) is 6.03. The second-order valence-electron chi connectivity index (χ2n) is 5.74. The van der Waals surface area contributed by atoms with E-state index in [-0.39, 0.29) is 0 Å². The lowest BCUT2D eigenvalue weighted by molar-refractivity contribution is 0.111. The Morgan fingerprint density at radius 3 is 2.64 bits per heavy atom. The van der Waals surface area contributed by atoms with Crippen LogP contribution in [0.15, 0.2) is 65.4 Å². The molecule has 0 spiro atoms. The first kappa shape index (κ1) is 14.6. The van der Waals surface area contributed by atoms with E-state index in [1.54, 1.807) is 22.7 Å². The number of fused-ring (bicyclic) bond motifs is 2. The van der Waals surface area contributed by atoms with Gasteiger partial charge in [0.1, 0.15) is 11.4 Å². The second kappa shape index (κ2) is 5.65. The van der Waals surface area contributed by atoms with E-state index in [1.165, 1.54) is 5.39 Å². The minimum Gasteiger partial charge on any atom is -0.296 e. The number of imidazole rings is 1. The number of hydrogen-bond donors (Lipinski definition) is 0. The van der Waals surface area contributed by atoms with E-state index in [0.29, 0.717) is 5.69 Å². The number of thiophene rings is 1. The van der Waals surface area contributed by atoms with Crippen molar-refractivity contribution < 1.29 is 4.79 Å². The van der Waals surface area contributed by atoms with Crippen molar-refractivity contribution in [3.63, 3.8) is 0 Å². The summed E-state index contributed by atoms with van der Waals surface area (Å²) in [6, 6.07) is 18.5. The summed E-state index contributed by atoms with van der Waals surface area (Å²) in [7, 11) is 0. The predicted molar refractivity (Wildman–Crippen MR) is 105 cm³/mol. The summed E-state index contributed by atoms with van der Waals surface area (Å²) in [5, 5.41) is 6.43.